The fourth-order valence-corrected chi connectivity index (χ4v) is 3.80. The summed E-state index contributed by atoms with van der Waals surface area (Å²) >= 11 is 6.19. The monoisotopic (exact) mass is 434 g/mol. The fourth-order valence-electron chi connectivity index (χ4n) is 3.60. The number of alkyl halides is 1. The van der Waals surface area contributed by atoms with Gasteiger partial charge in [0.2, 0.25) is 5.91 Å². The lowest BCUT2D eigenvalue weighted by molar-refractivity contribution is -0.142. The molecule has 0 aromatic carbocycles. The summed E-state index contributed by atoms with van der Waals surface area (Å²) in [6, 6.07) is -0.198. The van der Waals surface area contributed by atoms with Gasteiger partial charge in [-0.25, -0.2) is 14.4 Å². The zero-order valence-electron chi connectivity index (χ0n) is 16.9. The maximum Gasteiger partial charge on any atom is 0.225 e. The Kier molecular flexibility index (Phi) is 6.01. The van der Waals surface area contributed by atoms with Gasteiger partial charge in [-0.2, -0.15) is 0 Å². The molecule has 2 atom stereocenters. The molecule has 0 spiro atoms. The first-order valence-corrected chi connectivity index (χ1v) is 10.4. The molecule has 160 valence electrons. The van der Waals surface area contributed by atoms with Crippen LogP contribution in [-0.4, -0.2) is 70.0 Å². The number of fused-ring (bicyclic) bond motifs is 1. The third-order valence-electron chi connectivity index (χ3n) is 5.16. The van der Waals surface area contributed by atoms with Crippen molar-refractivity contribution in [2.24, 2.45) is 10.9 Å². The van der Waals surface area contributed by atoms with E-state index in [1.54, 1.807) is 11.1 Å². The molecule has 4 rings (SSSR count). The van der Waals surface area contributed by atoms with Crippen molar-refractivity contribution in [1.29, 1.82) is 0 Å². The Morgan fingerprint density at radius 1 is 1.50 bits per heavy atom. The zero-order valence-corrected chi connectivity index (χ0v) is 17.6. The second kappa shape index (κ2) is 8.69. The lowest BCUT2D eigenvalue weighted by Crippen LogP contribution is -2.53. The highest BCUT2D eigenvalue weighted by Crippen LogP contribution is 2.18. The highest BCUT2D eigenvalue weighted by Gasteiger charge is 2.29. The molecule has 1 fully saturated rings. The van der Waals surface area contributed by atoms with E-state index in [9.17, 15) is 9.18 Å². The van der Waals surface area contributed by atoms with Gasteiger partial charge in [0.1, 0.15) is 5.49 Å². The van der Waals surface area contributed by atoms with E-state index in [-0.39, 0.29) is 29.1 Å². The molecule has 0 saturated carbocycles. The number of halogens is 2. The Morgan fingerprint density at radius 2 is 2.33 bits per heavy atom. The van der Waals surface area contributed by atoms with E-state index in [0.717, 1.165) is 11.4 Å². The van der Waals surface area contributed by atoms with Crippen molar-refractivity contribution in [2.45, 2.75) is 25.3 Å². The molecule has 2 aliphatic heterocycles. The van der Waals surface area contributed by atoms with Crippen LogP contribution in [0.5, 0.6) is 0 Å². The van der Waals surface area contributed by atoms with Gasteiger partial charge < -0.3 is 19.9 Å². The van der Waals surface area contributed by atoms with Crippen LogP contribution < -0.4 is 16.0 Å². The Bertz CT molecular complexity index is 1060. The number of ether oxygens (including phenoxy) is 1. The Balaban J connectivity index is 1.56. The van der Waals surface area contributed by atoms with Crippen LogP contribution in [-0.2, 0) is 9.53 Å². The molecule has 2 N–H and O–H groups in total. The molecule has 8 nitrogen and oxygen atoms in total. The first kappa shape index (κ1) is 20.7. The number of carbonyl (C=O) groups is 1. The van der Waals surface area contributed by atoms with Gasteiger partial charge >= 0.3 is 0 Å². The number of nitrogens with zero attached hydrogens (tertiary/aromatic N) is 4. The van der Waals surface area contributed by atoms with Crippen LogP contribution in [0.25, 0.3) is 17.5 Å². The van der Waals surface area contributed by atoms with Gasteiger partial charge in [0.25, 0.3) is 0 Å². The third-order valence-corrected chi connectivity index (χ3v) is 5.43. The first-order valence-electron chi connectivity index (χ1n) is 9.97. The first-order chi connectivity index (χ1) is 14.4. The van der Waals surface area contributed by atoms with Crippen LogP contribution in [0.2, 0.25) is 0 Å². The number of rotatable bonds is 5. The summed E-state index contributed by atoms with van der Waals surface area (Å²) in [5.41, 5.74) is 1.42. The standard InChI is InChI=1S/C20H24ClFN6O2/c1-11(2)20(29)28-3-4-30-10-13(28)7-24-19-16(22)9-26-18(27-19)15-8-25-17-14(15)5-12(21)6-23-17/h5,8-9,11-13H,3-4,6-7,10H2,1-2H3,(H,23,25)(H,24,26,27). The lowest BCUT2D eigenvalue weighted by Gasteiger charge is -2.36. The summed E-state index contributed by atoms with van der Waals surface area (Å²) in [4.78, 5) is 30.2. The highest BCUT2D eigenvalue weighted by molar-refractivity contribution is 6.24. The van der Waals surface area contributed by atoms with Crippen LogP contribution in [0.4, 0.5) is 10.2 Å². The summed E-state index contributed by atoms with van der Waals surface area (Å²) in [7, 11) is 0. The van der Waals surface area contributed by atoms with E-state index in [1.165, 1.54) is 0 Å². The van der Waals surface area contributed by atoms with Crippen molar-refractivity contribution in [1.82, 2.24) is 19.9 Å². The van der Waals surface area contributed by atoms with E-state index >= 15 is 0 Å². The van der Waals surface area contributed by atoms with Gasteiger partial charge in [-0.3, -0.25) is 9.79 Å². The number of aromatic nitrogens is 3. The maximum absolute atomic E-state index is 14.4. The average molecular weight is 435 g/mol. The molecule has 1 saturated heterocycles. The zero-order chi connectivity index (χ0) is 21.3. The van der Waals surface area contributed by atoms with Crippen LogP contribution in [0, 0.1) is 11.7 Å². The molecule has 2 unspecified atom stereocenters. The van der Waals surface area contributed by atoms with Crippen LogP contribution >= 0.6 is 11.6 Å². The van der Waals surface area contributed by atoms with E-state index in [0.29, 0.717) is 49.7 Å². The van der Waals surface area contributed by atoms with Crippen molar-refractivity contribution in [3.63, 3.8) is 0 Å². The van der Waals surface area contributed by atoms with Gasteiger partial charge in [-0.15, -0.1) is 11.6 Å². The van der Waals surface area contributed by atoms with Crippen LogP contribution in [0.15, 0.2) is 17.4 Å². The van der Waals surface area contributed by atoms with Crippen molar-refractivity contribution in [2.75, 3.05) is 38.2 Å². The van der Waals surface area contributed by atoms with Crippen molar-refractivity contribution < 1.29 is 13.9 Å². The summed E-state index contributed by atoms with van der Waals surface area (Å²) in [5, 5.41) is 3.63. The predicted octanol–water partition coefficient (Wildman–Crippen LogP) is 0.927. The quantitative estimate of drug-likeness (QED) is 0.682. The Labute approximate surface area is 178 Å². The lowest BCUT2D eigenvalue weighted by atomic mass is 10.1. The average Bonchev–Trinajstić information content (AvgIpc) is 3.16. The minimum Gasteiger partial charge on any atom is -0.377 e. The second-order valence-electron chi connectivity index (χ2n) is 7.67. The smallest absolute Gasteiger partial charge is 0.225 e. The number of hydrogen-bond donors (Lipinski definition) is 2. The molecular formula is C20H24ClFN6O2. The van der Waals surface area contributed by atoms with Gasteiger partial charge in [-0.1, -0.05) is 19.9 Å². The Morgan fingerprint density at radius 3 is 3.13 bits per heavy atom. The molecular weight excluding hydrogens is 411 g/mol. The molecule has 1 amide bonds. The molecule has 2 aromatic rings. The van der Waals surface area contributed by atoms with Gasteiger partial charge in [-0.05, 0) is 0 Å². The number of nitrogens with one attached hydrogen (secondary N) is 2. The predicted molar refractivity (Wildman–Crippen MR) is 111 cm³/mol. The van der Waals surface area contributed by atoms with E-state index in [2.05, 4.69) is 25.3 Å². The molecule has 2 aliphatic rings. The Hall–Kier alpha value is -2.52. The minimum absolute atomic E-state index is 0.0582. The van der Waals surface area contributed by atoms with Crippen LogP contribution in [0.1, 0.15) is 13.8 Å². The molecule has 10 heteroatoms. The number of anilines is 1. The summed E-state index contributed by atoms with van der Waals surface area (Å²) in [6.45, 7) is 5.97. The van der Waals surface area contributed by atoms with E-state index in [1.807, 2.05) is 19.9 Å². The van der Waals surface area contributed by atoms with Crippen LogP contribution in [0.3, 0.4) is 0 Å². The number of aromatic amines is 1. The normalized spacial score (nSPS) is 21.0. The minimum atomic E-state index is -0.564. The van der Waals surface area contributed by atoms with Crippen molar-refractivity contribution in [3.05, 3.63) is 28.9 Å². The molecule has 2 aromatic heterocycles. The highest BCUT2D eigenvalue weighted by atomic mass is 35.5. The molecule has 0 aliphatic carbocycles. The van der Waals surface area contributed by atoms with Gasteiger partial charge in [0.05, 0.1) is 37.4 Å². The largest absolute Gasteiger partial charge is 0.377 e. The number of hydrogen-bond acceptors (Lipinski definition) is 6. The molecule has 4 heterocycles. The SMILES string of the molecule is CC(C)C(=O)N1CCOCC1CNc1nc(-c2c[nH]c3c2=CC(Cl)CN=3)ncc1F. The molecule has 0 radical (unpaired) electrons. The van der Waals surface area contributed by atoms with Crippen molar-refractivity contribution >= 4 is 29.4 Å². The van der Waals surface area contributed by atoms with Crippen molar-refractivity contribution in [3.8, 4) is 11.4 Å². The second-order valence-corrected chi connectivity index (χ2v) is 8.23. The van der Waals surface area contributed by atoms with Gasteiger partial charge in [0, 0.05) is 36.0 Å². The number of morpholine rings is 1. The summed E-state index contributed by atoms with van der Waals surface area (Å²) in [5.74, 6) is -0.176. The molecule has 30 heavy (non-hydrogen) atoms. The maximum atomic E-state index is 14.4. The molecule has 0 bridgehead atoms. The number of amides is 1. The summed E-state index contributed by atoms with van der Waals surface area (Å²) in [6.07, 6.45) is 4.77. The summed E-state index contributed by atoms with van der Waals surface area (Å²) < 4.78 is 19.9. The third kappa shape index (κ3) is 4.17. The number of carbonyl (C=O) groups excluding carboxylic acids is 1. The van der Waals surface area contributed by atoms with E-state index < -0.39 is 5.82 Å². The van der Waals surface area contributed by atoms with Gasteiger partial charge in [0.15, 0.2) is 17.5 Å². The number of H-pyrrole nitrogens is 1. The fraction of sp³-hybridized carbons (Fsp3) is 0.500. The topological polar surface area (TPSA) is 95.5 Å². The van der Waals surface area contributed by atoms with E-state index in [4.69, 9.17) is 16.3 Å².